The summed E-state index contributed by atoms with van der Waals surface area (Å²) >= 11 is 6.07. The van der Waals surface area contributed by atoms with Crippen LogP contribution in [0.4, 0.5) is 17.3 Å². The second-order valence-corrected chi connectivity index (χ2v) is 8.30. The molecule has 0 radical (unpaired) electrons. The van der Waals surface area contributed by atoms with Crippen LogP contribution in [0.1, 0.15) is 41.4 Å². The lowest BCUT2D eigenvalue weighted by atomic mass is 10.1. The molecule has 11 nitrogen and oxygen atoms in total. The fourth-order valence-corrected chi connectivity index (χ4v) is 3.80. The second kappa shape index (κ2) is 9.47. The van der Waals surface area contributed by atoms with Crippen LogP contribution in [-0.4, -0.2) is 48.4 Å². The molecule has 4 aromatic rings. The van der Waals surface area contributed by atoms with Gasteiger partial charge in [0.2, 0.25) is 0 Å². The lowest BCUT2D eigenvalue weighted by Gasteiger charge is -2.14. The Kier molecular flexibility index (Phi) is 6.06. The van der Waals surface area contributed by atoms with Crippen molar-refractivity contribution >= 4 is 52.3 Å². The Morgan fingerprint density at radius 2 is 2.11 bits per heavy atom. The molecular formula is C23H21ClN10O. The highest BCUT2D eigenvalue weighted by molar-refractivity contribution is 6.30. The number of benzene rings is 1. The number of amides is 1. The van der Waals surface area contributed by atoms with Gasteiger partial charge in [0.1, 0.15) is 0 Å². The largest absolute Gasteiger partial charge is 0.382 e. The van der Waals surface area contributed by atoms with Crippen LogP contribution in [-0.2, 0) is 0 Å². The van der Waals surface area contributed by atoms with Crippen molar-refractivity contribution in [1.82, 2.24) is 35.1 Å². The SMILES string of the molecule is C[C@@H](NC(=O)c1nc(C2=CC=NCC2)cnc1N)c1nnc2ccc(Nc3cccc(Cl)c3)nn12. The van der Waals surface area contributed by atoms with Gasteiger partial charge in [0, 0.05) is 23.5 Å². The van der Waals surface area contributed by atoms with Gasteiger partial charge in [-0.05, 0) is 55.3 Å². The summed E-state index contributed by atoms with van der Waals surface area (Å²) in [5.74, 6) is 0.573. The molecule has 0 bridgehead atoms. The van der Waals surface area contributed by atoms with E-state index in [2.05, 4.69) is 40.9 Å². The van der Waals surface area contributed by atoms with Gasteiger partial charge in [-0.15, -0.1) is 15.3 Å². The third-order valence-electron chi connectivity index (χ3n) is 5.36. The van der Waals surface area contributed by atoms with E-state index in [9.17, 15) is 4.79 Å². The van der Waals surface area contributed by atoms with Crippen molar-refractivity contribution in [1.29, 1.82) is 0 Å². The topological polar surface area (TPSA) is 148 Å². The zero-order chi connectivity index (χ0) is 24.4. The van der Waals surface area contributed by atoms with Gasteiger partial charge in [0.05, 0.1) is 17.9 Å². The first kappa shape index (κ1) is 22.4. The first-order valence-electron chi connectivity index (χ1n) is 10.9. The number of nitrogens with one attached hydrogen (secondary N) is 2. The van der Waals surface area contributed by atoms with Crippen LogP contribution in [0.25, 0.3) is 11.2 Å². The summed E-state index contributed by atoms with van der Waals surface area (Å²) in [5.41, 5.74) is 8.87. The number of fused-ring (bicyclic) bond motifs is 1. The van der Waals surface area contributed by atoms with Gasteiger partial charge in [-0.1, -0.05) is 17.7 Å². The smallest absolute Gasteiger partial charge is 0.274 e. The predicted molar refractivity (Wildman–Crippen MR) is 134 cm³/mol. The summed E-state index contributed by atoms with van der Waals surface area (Å²) in [5, 5.41) is 19.6. The molecule has 0 unspecified atom stereocenters. The van der Waals surface area contributed by atoms with Crippen LogP contribution in [0.3, 0.4) is 0 Å². The van der Waals surface area contributed by atoms with Crippen molar-refractivity contribution in [2.75, 3.05) is 17.6 Å². The van der Waals surface area contributed by atoms with E-state index >= 15 is 0 Å². The number of aliphatic imine (C=N–C) groups is 1. The number of halogens is 1. The van der Waals surface area contributed by atoms with Crippen LogP contribution in [0.2, 0.25) is 5.02 Å². The molecule has 3 aromatic heterocycles. The predicted octanol–water partition coefficient (Wildman–Crippen LogP) is 3.24. The molecule has 1 aliphatic heterocycles. The average molecular weight is 489 g/mol. The third-order valence-corrected chi connectivity index (χ3v) is 5.59. The monoisotopic (exact) mass is 488 g/mol. The summed E-state index contributed by atoms with van der Waals surface area (Å²) in [7, 11) is 0. The van der Waals surface area contributed by atoms with E-state index in [4.69, 9.17) is 17.3 Å². The molecule has 1 amide bonds. The zero-order valence-electron chi connectivity index (χ0n) is 18.7. The van der Waals surface area contributed by atoms with E-state index < -0.39 is 11.9 Å². The number of hydrogen-bond donors (Lipinski definition) is 3. The van der Waals surface area contributed by atoms with Crippen molar-refractivity contribution in [3.63, 3.8) is 0 Å². The summed E-state index contributed by atoms with van der Waals surface area (Å²) in [6.45, 7) is 2.44. The number of aromatic nitrogens is 6. The molecule has 0 fully saturated rings. The maximum Gasteiger partial charge on any atom is 0.274 e. The van der Waals surface area contributed by atoms with Crippen LogP contribution in [0, 0.1) is 0 Å². The van der Waals surface area contributed by atoms with Crippen LogP contribution < -0.4 is 16.4 Å². The number of carbonyl (C=O) groups is 1. The molecule has 0 saturated heterocycles. The number of nitrogen functional groups attached to an aromatic ring is 1. The van der Waals surface area contributed by atoms with Crippen molar-refractivity contribution in [3.05, 3.63) is 70.9 Å². The lowest BCUT2D eigenvalue weighted by Crippen LogP contribution is -2.30. The molecular weight excluding hydrogens is 468 g/mol. The Labute approximate surface area is 205 Å². The van der Waals surface area contributed by atoms with E-state index in [1.54, 1.807) is 48.1 Å². The van der Waals surface area contributed by atoms with Crippen LogP contribution in [0.5, 0.6) is 0 Å². The van der Waals surface area contributed by atoms with E-state index in [1.807, 2.05) is 18.2 Å². The van der Waals surface area contributed by atoms with Crippen molar-refractivity contribution in [3.8, 4) is 0 Å². The summed E-state index contributed by atoms with van der Waals surface area (Å²) < 4.78 is 1.56. The Morgan fingerprint density at radius 1 is 1.23 bits per heavy atom. The minimum absolute atomic E-state index is 0.0424. The van der Waals surface area contributed by atoms with Crippen molar-refractivity contribution in [2.24, 2.45) is 4.99 Å². The van der Waals surface area contributed by atoms with Gasteiger partial charge >= 0.3 is 0 Å². The van der Waals surface area contributed by atoms with Crippen molar-refractivity contribution in [2.45, 2.75) is 19.4 Å². The quantitative estimate of drug-likeness (QED) is 0.374. The Balaban J connectivity index is 1.37. The van der Waals surface area contributed by atoms with Crippen LogP contribution in [0.15, 0.2) is 53.7 Å². The molecule has 4 N–H and O–H groups in total. The number of hydrogen-bond acceptors (Lipinski definition) is 9. The molecule has 176 valence electrons. The molecule has 12 heteroatoms. The number of carbonyl (C=O) groups excluding carboxylic acids is 1. The lowest BCUT2D eigenvalue weighted by molar-refractivity contribution is 0.0933. The fourth-order valence-electron chi connectivity index (χ4n) is 3.61. The van der Waals surface area contributed by atoms with E-state index in [0.29, 0.717) is 34.6 Å². The van der Waals surface area contributed by atoms with Gasteiger partial charge in [-0.2, -0.15) is 4.52 Å². The third kappa shape index (κ3) is 4.80. The molecule has 1 aromatic carbocycles. The fraction of sp³-hybridized carbons (Fsp3) is 0.174. The minimum atomic E-state index is -0.544. The molecule has 5 rings (SSSR count). The molecule has 4 heterocycles. The second-order valence-electron chi connectivity index (χ2n) is 7.86. The number of nitrogens with two attached hydrogens (primary N) is 1. The molecule has 0 aliphatic carbocycles. The number of rotatable bonds is 6. The number of dihydropyridines is 1. The minimum Gasteiger partial charge on any atom is -0.382 e. The van der Waals surface area contributed by atoms with Gasteiger partial charge in [-0.3, -0.25) is 9.79 Å². The number of allylic oxidation sites excluding steroid dienone is 1. The normalized spacial score (nSPS) is 13.9. The van der Waals surface area contributed by atoms with E-state index in [-0.39, 0.29) is 11.5 Å². The van der Waals surface area contributed by atoms with E-state index in [0.717, 1.165) is 17.7 Å². The summed E-state index contributed by atoms with van der Waals surface area (Å²) in [4.78, 5) is 25.8. The highest BCUT2D eigenvalue weighted by Gasteiger charge is 2.22. The van der Waals surface area contributed by atoms with Crippen LogP contribution >= 0.6 is 11.6 Å². The molecule has 0 spiro atoms. The number of anilines is 3. The highest BCUT2D eigenvalue weighted by Crippen LogP contribution is 2.22. The summed E-state index contributed by atoms with van der Waals surface area (Å²) in [6, 6.07) is 10.3. The van der Waals surface area contributed by atoms with Gasteiger partial charge in [0.25, 0.3) is 5.91 Å². The zero-order valence-corrected chi connectivity index (χ0v) is 19.4. The number of nitrogens with zero attached hydrogens (tertiary/aromatic N) is 7. The summed E-state index contributed by atoms with van der Waals surface area (Å²) in [6.07, 6.45) is 5.86. The molecule has 1 atom stereocenters. The molecule has 1 aliphatic rings. The maximum absolute atomic E-state index is 13.0. The molecule has 35 heavy (non-hydrogen) atoms. The standard InChI is InChI=1S/C23H21ClN10O/c1-13(28-23(35)20-21(25)27-12-17(30-20)14-7-9-26-10-8-14)22-32-31-19-6-5-18(33-34(19)22)29-16-4-2-3-15(24)11-16/h2-7,9,11-13H,8,10H2,1H3,(H2,25,27)(H,28,35)(H,29,33)/t13-/m1/s1. The Morgan fingerprint density at radius 3 is 2.91 bits per heavy atom. The van der Waals surface area contributed by atoms with Gasteiger partial charge in [0.15, 0.2) is 28.8 Å². The van der Waals surface area contributed by atoms with Gasteiger partial charge in [-0.25, -0.2) is 9.97 Å². The highest BCUT2D eigenvalue weighted by atomic mass is 35.5. The van der Waals surface area contributed by atoms with Crippen molar-refractivity contribution < 1.29 is 4.79 Å². The van der Waals surface area contributed by atoms with Gasteiger partial charge < -0.3 is 16.4 Å². The maximum atomic E-state index is 13.0. The average Bonchev–Trinajstić information content (AvgIpc) is 3.28. The molecule has 0 saturated carbocycles. The van der Waals surface area contributed by atoms with E-state index in [1.165, 1.54) is 0 Å². The Bertz CT molecular complexity index is 1480. The Hall–Kier alpha value is -4.38. The first-order chi connectivity index (χ1) is 17.0. The first-order valence-corrected chi connectivity index (χ1v) is 11.2.